The largest absolute Gasteiger partial charge is 0.461 e. The Morgan fingerprint density at radius 1 is 1.00 bits per heavy atom. The second-order valence-corrected chi connectivity index (χ2v) is 18.0. The highest BCUT2D eigenvalue weighted by atomic mass is 32.2. The zero-order valence-electron chi connectivity index (χ0n) is 30.9. The summed E-state index contributed by atoms with van der Waals surface area (Å²) in [4.78, 5) is 42.3. The van der Waals surface area contributed by atoms with Crippen LogP contribution in [0.15, 0.2) is 51.8 Å². The first kappa shape index (κ1) is 39.7. The molecule has 2 saturated heterocycles. The lowest BCUT2D eigenvalue weighted by Gasteiger charge is -2.54. The summed E-state index contributed by atoms with van der Waals surface area (Å²) >= 11 is 0. The summed E-state index contributed by atoms with van der Waals surface area (Å²) in [7, 11) is -4.28. The van der Waals surface area contributed by atoms with Gasteiger partial charge in [0.05, 0.1) is 28.3 Å². The number of benzene rings is 2. The molecule has 1 N–H and O–H groups in total. The van der Waals surface area contributed by atoms with Crippen LogP contribution in [0.25, 0.3) is 11.5 Å². The number of anilines is 1. The zero-order chi connectivity index (χ0) is 40.3. The number of alkyl halides is 4. The molecule has 1 saturated carbocycles. The van der Waals surface area contributed by atoms with Gasteiger partial charge in [-0.15, -0.1) is 10.2 Å². The molecule has 4 aliphatic rings. The molecule has 3 aromatic rings. The van der Waals surface area contributed by atoms with E-state index in [0.717, 1.165) is 17.0 Å². The first-order valence-corrected chi connectivity index (χ1v) is 19.0. The van der Waals surface area contributed by atoms with E-state index < -0.39 is 74.6 Å². The van der Waals surface area contributed by atoms with Gasteiger partial charge in [-0.2, -0.15) is 17.6 Å². The maximum atomic E-state index is 14.2. The van der Waals surface area contributed by atoms with E-state index in [4.69, 9.17) is 13.9 Å². The molecule has 2 bridgehead atoms. The van der Waals surface area contributed by atoms with Gasteiger partial charge in [0.15, 0.2) is 9.84 Å². The maximum Gasteiger partial charge on any atom is 0.461 e. The Morgan fingerprint density at radius 2 is 1.65 bits per heavy atom. The van der Waals surface area contributed by atoms with E-state index in [1.54, 1.807) is 46.4 Å². The molecule has 1 aliphatic carbocycles. The molecule has 4 heterocycles. The summed E-state index contributed by atoms with van der Waals surface area (Å²) in [6.07, 6.45) is -8.93. The van der Waals surface area contributed by atoms with Crippen LogP contribution < -0.4 is 15.0 Å². The molecule has 3 amide bonds. The summed E-state index contributed by atoms with van der Waals surface area (Å²) in [5.74, 6) is -1.77. The topological polar surface area (TPSA) is 170 Å². The van der Waals surface area contributed by atoms with Gasteiger partial charge >= 0.3 is 24.7 Å². The van der Waals surface area contributed by atoms with E-state index in [0.29, 0.717) is 25.9 Å². The monoisotopic (exact) mass is 795 g/mol. The van der Waals surface area contributed by atoms with Crippen LogP contribution in [0.5, 0.6) is 5.75 Å². The Morgan fingerprint density at radius 3 is 2.27 bits per heavy atom. The second-order valence-electron chi connectivity index (χ2n) is 16.0. The quantitative estimate of drug-likeness (QED) is 0.262. The van der Waals surface area contributed by atoms with Gasteiger partial charge in [-0.05, 0) is 96.2 Å². The van der Waals surface area contributed by atoms with Gasteiger partial charge in [-0.3, -0.25) is 4.79 Å². The van der Waals surface area contributed by atoms with Crippen molar-refractivity contribution in [3.05, 3.63) is 53.9 Å². The number of carbonyl (C=O) groups excluding carboxylic acids is 3. The number of hydrogen-bond acceptors (Lipinski definition) is 11. The average molecular weight is 796 g/mol. The Labute approximate surface area is 314 Å². The number of piperidine rings is 2. The fourth-order valence-electron chi connectivity index (χ4n) is 6.88. The average Bonchev–Trinajstić information content (AvgIpc) is 3.54. The number of fused-ring (bicyclic) bond motifs is 3. The molecule has 7 rings (SSSR count). The fourth-order valence-corrected chi connectivity index (χ4v) is 8.49. The smallest absolute Gasteiger partial charge is 0.444 e. The first-order chi connectivity index (χ1) is 25.4. The van der Waals surface area contributed by atoms with Crippen molar-refractivity contribution >= 4 is 33.6 Å². The van der Waals surface area contributed by atoms with Gasteiger partial charge in [-0.1, -0.05) is 12.1 Å². The van der Waals surface area contributed by atoms with Crippen LogP contribution in [0.2, 0.25) is 0 Å². The third-order valence-electron chi connectivity index (χ3n) is 9.11. The highest BCUT2D eigenvalue weighted by Gasteiger charge is 2.56. The summed E-state index contributed by atoms with van der Waals surface area (Å²) in [6.45, 7) is 10.6. The molecule has 0 unspecified atom stereocenters. The summed E-state index contributed by atoms with van der Waals surface area (Å²) in [5, 5.41) is 10.9. The van der Waals surface area contributed by atoms with Gasteiger partial charge in [0.1, 0.15) is 23.0 Å². The van der Waals surface area contributed by atoms with Crippen LogP contribution in [0.4, 0.5) is 32.8 Å². The summed E-state index contributed by atoms with van der Waals surface area (Å²) in [5.41, 5.74) is -1.88. The van der Waals surface area contributed by atoms with Crippen LogP contribution in [0.3, 0.4) is 0 Å². The number of nitrogens with one attached hydrogen (secondary N) is 1. The summed E-state index contributed by atoms with van der Waals surface area (Å²) < 4.78 is 101. The van der Waals surface area contributed by atoms with Gasteiger partial charge in [0.2, 0.25) is 11.8 Å². The lowest BCUT2D eigenvalue weighted by Crippen LogP contribution is -2.61. The van der Waals surface area contributed by atoms with E-state index in [-0.39, 0.29) is 46.0 Å². The third-order valence-corrected chi connectivity index (χ3v) is 10.9. The van der Waals surface area contributed by atoms with E-state index >= 15 is 0 Å². The van der Waals surface area contributed by atoms with Crippen molar-refractivity contribution in [1.82, 2.24) is 20.4 Å². The number of aromatic nitrogens is 2. The number of hydrogen-bond donors (Lipinski definition) is 1. The highest BCUT2D eigenvalue weighted by molar-refractivity contribution is 7.91. The summed E-state index contributed by atoms with van der Waals surface area (Å²) in [6, 6.07) is 6.92. The minimum Gasteiger partial charge on any atom is -0.444 e. The van der Waals surface area contributed by atoms with Crippen molar-refractivity contribution in [1.29, 1.82) is 0 Å². The molecule has 19 heteroatoms. The number of alkyl carbamates (subject to hydrolysis) is 1. The van der Waals surface area contributed by atoms with Crippen LogP contribution in [0, 0.1) is 5.92 Å². The molecule has 55 heavy (non-hydrogen) atoms. The van der Waals surface area contributed by atoms with Gasteiger partial charge in [0, 0.05) is 18.7 Å². The number of sulfone groups is 1. The lowest BCUT2D eigenvalue weighted by molar-refractivity contribution is -0.253. The molecule has 3 aliphatic heterocycles. The molecule has 0 radical (unpaired) electrons. The lowest BCUT2D eigenvalue weighted by atomic mass is 9.58. The number of amides is 3. The van der Waals surface area contributed by atoms with Crippen molar-refractivity contribution in [2.45, 2.75) is 101 Å². The third kappa shape index (κ3) is 8.65. The fraction of sp³-hybridized carbons (Fsp3) is 0.528. The Balaban J connectivity index is 1.33. The minimum absolute atomic E-state index is 0.00366. The number of halogens is 4. The normalized spacial score (nSPS) is 22.3. The van der Waals surface area contributed by atoms with E-state index in [2.05, 4.69) is 20.3 Å². The number of rotatable bonds is 8. The number of ether oxygens (including phenoxy) is 3. The molecule has 14 nitrogen and oxygen atoms in total. The van der Waals surface area contributed by atoms with Crippen molar-refractivity contribution in [3.8, 4) is 17.2 Å². The van der Waals surface area contributed by atoms with Crippen molar-refractivity contribution in [3.63, 3.8) is 0 Å². The van der Waals surface area contributed by atoms with Crippen molar-refractivity contribution < 1.29 is 59.0 Å². The van der Waals surface area contributed by atoms with Gasteiger partial charge in [-0.25, -0.2) is 18.0 Å². The van der Waals surface area contributed by atoms with Crippen molar-refractivity contribution in [2.24, 2.45) is 5.92 Å². The number of carbonyl (C=O) groups is 3. The molecular weight excluding hydrogens is 754 g/mol. The minimum atomic E-state index is -4.75. The molecule has 3 fully saturated rings. The molecule has 2 aromatic carbocycles. The zero-order valence-corrected chi connectivity index (χ0v) is 31.7. The van der Waals surface area contributed by atoms with Crippen LogP contribution in [0.1, 0.15) is 65.8 Å². The molecular formula is C36H41F4N5O9S. The molecule has 1 aromatic heterocycles. The molecule has 0 spiro atoms. The standard InChI is InChI=1S/C36H41F4N5O9S/c1-33(2,3)53-31(47)41-24-18-55(49,50)26-12-9-22(13-25(26)45(28(24)46)17-20-7-10-23(11-8-20)52-36(39,40)29(37)38)27-42-43-30(51-27)35-14-21(15-35)16-44(19-35)32(48)54-34(4,5)6/h7-13,21,24,29H,14-19H2,1-6H3,(H,41,47)/t21?,24-,35?/m0/s1. The Bertz CT molecular complexity index is 2070. The Hall–Kier alpha value is -4.94. The van der Waals surface area contributed by atoms with E-state index in [9.17, 15) is 40.4 Å². The van der Waals surface area contributed by atoms with Crippen LogP contribution in [-0.2, 0) is 36.1 Å². The predicted octanol–water partition coefficient (Wildman–Crippen LogP) is 6.09. The highest BCUT2D eigenvalue weighted by Crippen LogP contribution is 2.52. The molecule has 1 atom stereocenters. The van der Waals surface area contributed by atoms with E-state index in [1.807, 2.05) is 0 Å². The van der Waals surface area contributed by atoms with Crippen molar-refractivity contribution in [2.75, 3.05) is 23.7 Å². The maximum absolute atomic E-state index is 14.2. The van der Waals surface area contributed by atoms with Gasteiger partial charge in [0.25, 0.3) is 5.91 Å². The Kier molecular flexibility index (Phi) is 10.1. The number of nitrogens with zero attached hydrogens (tertiary/aromatic N) is 4. The molecule has 298 valence electrons. The van der Waals surface area contributed by atoms with Gasteiger partial charge < -0.3 is 33.7 Å². The SMILES string of the molecule is CC(C)(C)OC(=O)N[C@H]1CS(=O)(=O)c2ccc(-c3nnc(C45CC(CN(C(=O)OC(C)(C)C)C4)C5)o3)cc2N(Cc2ccc(OC(F)(F)C(F)F)cc2)C1=O. The predicted molar refractivity (Wildman–Crippen MR) is 186 cm³/mol. The van der Waals surface area contributed by atoms with Crippen LogP contribution >= 0.6 is 0 Å². The van der Waals surface area contributed by atoms with E-state index in [1.165, 1.54) is 30.3 Å². The van der Waals surface area contributed by atoms with Crippen LogP contribution in [-0.4, -0.2) is 90.2 Å². The first-order valence-electron chi connectivity index (χ1n) is 17.4. The second kappa shape index (κ2) is 14.0.